The summed E-state index contributed by atoms with van der Waals surface area (Å²) in [6.07, 6.45) is 1.49. The van der Waals surface area contributed by atoms with Crippen molar-refractivity contribution in [3.8, 4) is 0 Å². The Labute approximate surface area is 107 Å². The molecule has 6 heteroatoms. The van der Waals surface area contributed by atoms with Crippen molar-refractivity contribution in [2.75, 3.05) is 26.3 Å². The highest BCUT2D eigenvalue weighted by molar-refractivity contribution is 5.79. The van der Waals surface area contributed by atoms with Crippen LogP contribution in [0.2, 0.25) is 0 Å². The number of ether oxygens (including phenoxy) is 1. The van der Waals surface area contributed by atoms with E-state index in [-0.39, 0.29) is 24.3 Å². The average molecular weight is 258 g/mol. The van der Waals surface area contributed by atoms with E-state index in [2.05, 4.69) is 0 Å². The SMILES string of the molecule is CC(CCCN)C(=O)N1CCOCC1CC(=O)O. The predicted octanol–water partition coefficient (Wildman–Crippen LogP) is 0.0635. The van der Waals surface area contributed by atoms with E-state index >= 15 is 0 Å². The topological polar surface area (TPSA) is 92.9 Å². The zero-order valence-corrected chi connectivity index (χ0v) is 10.8. The molecule has 1 fully saturated rings. The quantitative estimate of drug-likeness (QED) is 0.703. The summed E-state index contributed by atoms with van der Waals surface area (Å²) in [6, 6.07) is -0.343. The van der Waals surface area contributed by atoms with Gasteiger partial charge in [-0.15, -0.1) is 0 Å². The zero-order chi connectivity index (χ0) is 13.5. The largest absolute Gasteiger partial charge is 0.481 e. The van der Waals surface area contributed by atoms with Crippen molar-refractivity contribution >= 4 is 11.9 Å². The van der Waals surface area contributed by atoms with Crippen LogP contribution in [0.15, 0.2) is 0 Å². The minimum absolute atomic E-state index is 0.0120. The van der Waals surface area contributed by atoms with E-state index in [0.717, 1.165) is 12.8 Å². The van der Waals surface area contributed by atoms with Crippen LogP contribution >= 0.6 is 0 Å². The molecule has 1 rings (SSSR count). The Morgan fingerprint density at radius 1 is 1.56 bits per heavy atom. The fourth-order valence-corrected chi connectivity index (χ4v) is 2.15. The molecule has 0 aliphatic carbocycles. The number of nitrogens with two attached hydrogens (primary N) is 1. The molecule has 0 saturated carbocycles. The highest BCUT2D eigenvalue weighted by Gasteiger charge is 2.31. The first-order valence-corrected chi connectivity index (χ1v) is 6.36. The van der Waals surface area contributed by atoms with Crippen molar-refractivity contribution in [3.63, 3.8) is 0 Å². The molecule has 1 heterocycles. The predicted molar refractivity (Wildman–Crippen MR) is 66.0 cm³/mol. The summed E-state index contributed by atoms with van der Waals surface area (Å²) in [4.78, 5) is 24.7. The third kappa shape index (κ3) is 4.27. The first-order valence-electron chi connectivity index (χ1n) is 6.36. The summed E-state index contributed by atoms with van der Waals surface area (Å²) in [7, 11) is 0. The molecular weight excluding hydrogens is 236 g/mol. The van der Waals surface area contributed by atoms with E-state index in [9.17, 15) is 9.59 Å². The molecule has 1 amide bonds. The van der Waals surface area contributed by atoms with Gasteiger partial charge in [0.15, 0.2) is 0 Å². The number of carbonyl (C=O) groups is 2. The summed E-state index contributed by atoms with van der Waals surface area (Å²) >= 11 is 0. The Balaban J connectivity index is 2.58. The van der Waals surface area contributed by atoms with Gasteiger partial charge in [-0.25, -0.2) is 0 Å². The van der Waals surface area contributed by atoms with E-state index in [1.165, 1.54) is 0 Å². The molecule has 18 heavy (non-hydrogen) atoms. The van der Waals surface area contributed by atoms with Gasteiger partial charge in [-0.1, -0.05) is 6.92 Å². The van der Waals surface area contributed by atoms with Crippen LogP contribution in [0.1, 0.15) is 26.2 Å². The standard InChI is InChI=1S/C12H22N2O4/c1-9(3-2-4-13)12(17)14-5-6-18-8-10(14)7-11(15)16/h9-10H,2-8,13H2,1H3,(H,15,16). The summed E-state index contributed by atoms with van der Waals surface area (Å²) in [5, 5.41) is 8.84. The maximum atomic E-state index is 12.2. The smallest absolute Gasteiger partial charge is 0.305 e. The van der Waals surface area contributed by atoms with Crippen molar-refractivity contribution in [3.05, 3.63) is 0 Å². The van der Waals surface area contributed by atoms with E-state index < -0.39 is 5.97 Å². The summed E-state index contributed by atoms with van der Waals surface area (Å²) in [5.41, 5.74) is 5.43. The summed E-state index contributed by atoms with van der Waals surface area (Å²) < 4.78 is 5.25. The van der Waals surface area contributed by atoms with Crippen LogP contribution in [-0.2, 0) is 14.3 Å². The molecule has 1 aliphatic rings. The lowest BCUT2D eigenvalue weighted by atomic mass is 10.0. The van der Waals surface area contributed by atoms with E-state index in [0.29, 0.717) is 26.3 Å². The van der Waals surface area contributed by atoms with Gasteiger partial charge < -0.3 is 20.5 Å². The van der Waals surface area contributed by atoms with Crippen LogP contribution in [0.25, 0.3) is 0 Å². The number of rotatable bonds is 6. The molecule has 0 aromatic heterocycles. The molecule has 3 N–H and O–H groups in total. The van der Waals surface area contributed by atoms with Gasteiger partial charge in [0.25, 0.3) is 0 Å². The minimum atomic E-state index is -0.905. The van der Waals surface area contributed by atoms with E-state index in [1.807, 2.05) is 6.92 Å². The monoisotopic (exact) mass is 258 g/mol. The van der Waals surface area contributed by atoms with Gasteiger partial charge in [0.1, 0.15) is 0 Å². The van der Waals surface area contributed by atoms with Crippen molar-refractivity contribution < 1.29 is 19.4 Å². The number of carboxylic acids is 1. The number of amides is 1. The lowest BCUT2D eigenvalue weighted by Crippen LogP contribution is -2.51. The number of carbonyl (C=O) groups excluding carboxylic acids is 1. The van der Waals surface area contributed by atoms with Crippen molar-refractivity contribution in [1.82, 2.24) is 4.90 Å². The lowest BCUT2D eigenvalue weighted by molar-refractivity contribution is -0.148. The van der Waals surface area contributed by atoms with Gasteiger partial charge in [-0.05, 0) is 19.4 Å². The van der Waals surface area contributed by atoms with Crippen molar-refractivity contribution in [2.24, 2.45) is 11.7 Å². The minimum Gasteiger partial charge on any atom is -0.481 e. The number of nitrogens with zero attached hydrogens (tertiary/aromatic N) is 1. The number of aliphatic carboxylic acids is 1. The maximum absolute atomic E-state index is 12.2. The Hall–Kier alpha value is -1.14. The molecule has 2 unspecified atom stereocenters. The molecule has 2 atom stereocenters. The van der Waals surface area contributed by atoms with Crippen molar-refractivity contribution in [1.29, 1.82) is 0 Å². The number of hydrogen-bond donors (Lipinski definition) is 2. The fourth-order valence-electron chi connectivity index (χ4n) is 2.15. The first kappa shape index (κ1) is 14.9. The third-order valence-corrected chi connectivity index (χ3v) is 3.18. The molecule has 0 bridgehead atoms. The zero-order valence-electron chi connectivity index (χ0n) is 10.8. The van der Waals surface area contributed by atoms with Crippen LogP contribution in [0.5, 0.6) is 0 Å². The second-order valence-corrected chi connectivity index (χ2v) is 4.69. The molecule has 104 valence electrons. The summed E-state index contributed by atoms with van der Waals surface area (Å²) in [6.45, 7) is 3.70. The Morgan fingerprint density at radius 2 is 2.28 bits per heavy atom. The molecule has 0 aromatic rings. The van der Waals surface area contributed by atoms with Gasteiger partial charge in [0, 0.05) is 12.5 Å². The van der Waals surface area contributed by atoms with Crippen LogP contribution in [-0.4, -0.2) is 54.2 Å². The number of carboxylic acid groups (broad SMARTS) is 1. The average Bonchev–Trinajstić information content (AvgIpc) is 2.35. The second-order valence-electron chi connectivity index (χ2n) is 4.69. The van der Waals surface area contributed by atoms with Gasteiger partial charge in [-0.2, -0.15) is 0 Å². The third-order valence-electron chi connectivity index (χ3n) is 3.18. The van der Waals surface area contributed by atoms with Crippen LogP contribution in [0.3, 0.4) is 0 Å². The highest BCUT2D eigenvalue weighted by Crippen LogP contribution is 2.17. The van der Waals surface area contributed by atoms with Gasteiger partial charge in [0.2, 0.25) is 5.91 Å². The molecule has 1 aliphatic heterocycles. The summed E-state index contributed by atoms with van der Waals surface area (Å²) in [5.74, 6) is -1.00. The van der Waals surface area contributed by atoms with E-state index in [4.69, 9.17) is 15.6 Å². The van der Waals surface area contributed by atoms with Gasteiger partial charge in [0.05, 0.1) is 25.7 Å². The van der Waals surface area contributed by atoms with Crippen LogP contribution < -0.4 is 5.73 Å². The molecule has 0 spiro atoms. The molecule has 1 saturated heterocycles. The van der Waals surface area contributed by atoms with Crippen molar-refractivity contribution in [2.45, 2.75) is 32.2 Å². The van der Waals surface area contributed by atoms with Gasteiger partial charge in [-0.3, -0.25) is 9.59 Å². The maximum Gasteiger partial charge on any atom is 0.305 e. The van der Waals surface area contributed by atoms with Crippen LogP contribution in [0.4, 0.5) is 0 Å². The first-order chi connectivity index (χ1) is 8.56. The number of hydrogen-bond acceptors (Lipinski definition) is 4. The molecule has 6 nitrogen and oxygen atoms in total. The van der Waals surface area contributed by atoms with E-state index in [1.54, 1.807) is 4.90 Å². The molecule has 0 aromatic carbocycles. The molecular formula is C12H22N2O4. The Kier molecular flexibility index (Phi) is 6.07. The molecule has 0 radical (unpaired) electrons. The Bertz CT molecular complexity index is 296. The highest BCUT2D eigenvalue weighted by atomic mass is 16.5. The van der Waals surface area contributed by atoms with Gasteiger partial charge >= 0.3 is 5.97 Å². The van der Waals surface area contributed by atoms with Crippen LogP contribution in [0, 0.1) is 5.92 Å². The Morgan fingerprint density at radius 3 is 2.89 bits per heavy atom. The normalized spacial score (nSPS) is 21.7. The lowest BCUT2D eigenvalue weighted by Gasteiger charge is -2.36. The fraction of sp³-hybridized carbons (Fsp3) is 0.833. The second kappa shape index (κ2) is 7.33. The number of morpholine rings is 1.